The van der Waals surface area contributed by atoms with E-state index in [-0.39, 0.29) is 18.1 Å². The normalized spacial score (nSPS) is 19.6. The number of sulfone groups is 1. The largest absolute Gasteiger partial charge is 0.494 e. The van der Waals surface area contributed by atoms with Gasteiger partial charge in [0.15, 0.2) is 0 Å². The zero-order valence-corrected chi connectivity index (χ0v) is 23.6. The van der Waals surface area contributed by atoms with E-state index in [2.05, 4.69) is 44.2 Å². The molecule has 0 aliphatic heterocycles. The van der Waals surface area contributed by atoms with Gasteiger partial charge in [0.1, 0.15) is 27.9 Å². The van der Waals surface area contributed by atoms with Gasteiger partial charge in [-0.15, -0.1) is 0 Å². The lowest BCUT2D eigenvalue weighted by Gasteiger charge is -2.34. The Labute approximate surface area is 230 Å². The summed E-state index contributed by atoms with van der Waals surface area (Å²) >= 11 is 0. The molecule has 206 valence electrons. The summed E-state index contributed by atoms with van der Waals surface area (Å²) in [4.78, 5) is 11.4. The molecule has 0 amide bonds. The van der Waals surface area contributed by atoms with E-state index >= 15 is 0 Å². The molecule has 6 nitrogen and oxygen atoms in total. The van der Waals surface area contributed by atoms with Crippen molar-refractivity contribution in [2.75, 3.05) is 18.6 Å². The standard InChI is InChI=1S/C32H36O6S/c1-20-14-25(37-12-5-13-39(3,35)36)15-21(2)32(20)23-7-4-6-22(16-23)19-38-24-8-9-28-29(17-24)26-10-11-27(26)30(28)18-31(33)34/h4,6-9,14-17,26-27,30H,5,10-13,18-19H2,1-3H3,(H,33,34). The smallest absolute Gasteiger partial charge is 0.303 e. The number of aryl methyl sites for hydroxylation is 2. The van der Waals surface area contributed by atoms with Gasteiger partial charge < -0.3 is 14.6 Å². The van der Waals surface area contributed by atoms with Gasteiger partial charge in [-0.1, -0.05) is 24.3 Å². The Morgan fingerprint density at radius 3 is 2.38 bits per heavy atom. The molecule has 2 aliphatic carbocycles. The average molecular weight is 549 g/mol. The number of ether oxygens (including phenoxy) is 2. The predicted octanol–water partition coefficient (Wildman–Crippen LogP) is 6.43. The van der Waals surface area contributed by atoms with Gasteiger partial charge in [-0.3, -0.25) is 4.79 Å². The molecule has 7 heteroatoms. The number of rotatable bonds is 11. The second-order valence-corrected chi connectivity index (χ2v) is 13.4. The van der Waals surface area contributed by atoms with Crippen molar-refractivity contribution in [1.29, 1.82) is 0 Å². The first-order valence-corrected chi connectivity index (χ1v) is 15.6. The van der Waals surface area contributed by atoms with Crippen molar-refractivity contribution < 1.29 is 27.8 Å². The van der Waals surface area contributed by atoms with Gasteiger partial charge in [0, 0.05) is 6.26 Å². The number of aliphatic carboxylic acids is 1. The maximum Gasteiger partial charge on any atom is 0.303 e. The van der Waals surface area contributed by atoms with Crippen LogP contribution in [0.2, 0.25) is 0 Å². The van der Waals surface area contributed by atoms with Gasteiger partial charge in [0.2, 0.25) is 0 Å². The van der Waals surface area contributed by atoms with Crippen LogP contribution in [-0.2, 0) is 21.2 Å². The highest BCUT2D eigenvalue weighted by atomic mass is 32.2. The van der Waals surface area contributed by atoms with Crippen LogP contribution in [0.4, 0.5) is 0 Å². The summed E-state index contributed by atoms with van der Waals surface area (Å²) in [6.45, 7) is 4.93. The summed E-state index contributed by atoms with van der Waals surface area (Å²) in [5.74, 6) is 2.01. The lowest BCUT2D eigenvalue weighted by atomic mass is 9.70. The molecule has 0 aromatic heterocycles. The van der Waals surface area contributed by atoms with Crippen LogP contribution in [-0.4, -0.2) is 38.1 Å². The Hall–Kier alpha value is -3.32. The third-order valence-corrected chi connectivity index (χ3v) is 9.18. The maximum atomic E-state index is 11.4. The quantitative estimate of drug-likeness (QED) is 0.278. The summed E-state index contributed by atoms with van der Waals surface area (Å²) in [6, 6.07) is 18.5. The highest BCUT2D eigenvalue weighted by molar-refractivity contribution is 7.90. The molecular weight excluding hydrogens is 512 g/mol. The van der Waals surface area contributed by atoms with Crippen molar-refractivity contribution in [3.63, 3.8) is 0 Å². The van der Waals surface area contributed by atoms with Crippen LogP contribution < -0.4 is 9.47 Å². The van der Waals surface area contributed by atoms with Crippen LogP contribution in [0.5, 0.6) is 11.5 Å². The van der Waals surface area contributed by atoms with E-state index in [9.17, 15) is 18.3 Å². The second-order valence-electron chi connectivity index (χ2n) is 11.1. The number of hydrogen-bond acceptors (Lipinski definition) is 5. The molecule has 1 fully saturated rings. The monoisotopic (exact) mass is 548 g/mol. The number of carboxylic acids is 1. The Balaban J connectivity index is 1.26. The summed E-state index contributed by atoms with van der Waals surface area (Å²) < 4.78 is 34.7. The molecular formula is C32H36O6S. The number of fused-ring (bicyclic) bond motifs is 3. The Kier molecular flexibility index (Phi) is 7.72. The van der Waals surface area contributed by atoms with E-state index in [0.717, 1.165) is 52.2 Å². The van der Waals surface area contributed by atoms with Gasteiger partial charge in [-0.25, -0.2) is 8.42 Å². The first kappa shape index (κ1) is 27.3. The molecule has 0 bridgehead atoms. The number of hydrogen-bond donors (Lipinski definition) is 1. The summed E-state index contributed by atoms with van der Waals surface area (Å²) in [7, 11) is -2.99. The fourth-order valence-electron chi connectivity index (χ4n) is 6.33. The lowest BCUT2D eigenvalue weighted by molar-refractivity contribution is -0.137. The second kappa shape index (κ2) is 11.0. The van der Waals surface area contributed by atoms with E-state index in [4.69, 9.17) is 9.47 Å². The number of carboxylic acid groups (broad SMARTS) is 1. The highest BCUT2D eigenvalue weighted by Crippen LogP contribution is 2.59. The minimum Gasteiger partial charge on any atom is -0.494 e. The van der Waals surface area contributed by atoms with E-state index in [1.807, 2.05) is 24.3 Å². The van der Waals surface area contributed by atoms with Gasteiger partial charge in [-0.05, 0) is 120 Å². The minimum absolute atomic E-state index is 0.121. The molecule has 1 saturated carbocycles. The molecule has 39 heavy (non-hydrogen) atoms. The molecule has 3 aromatic rings. The minimum atomic E-state index is -2.99. The first-order valence-electron chi connectivity index (χ1n) is 13.6. The molecule has 5 rings (SSSR count). The Bertz CT molecular complexity index is 1470. The Morgan fingerprint density at radius 2 is 1.72 bits per heavy atom. The van der Waals surface area contributed by atoms with Crippen molar-refractivity contribution in [3.05, 3.63) is 82.4 Å². The molecule has 1 N–H and O–H groups in total. The fourth-order valence-corrected chi connectivity index (χ4v) is 6.97. The highest BCUT2D eigenvalue weighted by Gasteiger charge is 2.46. The molecule has 0 radical (unpaired) electrons. The molecule has 0 saturated heterocycles. The van der Waals surface area contributed by atoms with Crippen molar-refractivity contribution in [3.8, 4) is 22.6 Å². The summed E-state index contributed by atoms with van der Waals surface area (Å²) in [6.07, 6.45) is 4.15. The van der Waals surface area contributed by atoms with Crippen LogP contribution in [0.25, 0.3) is 11.1 Å². The van der Waals surface area contributed by atoms with E-state index in [1.54, 1.807) is 0 Å². The topological polar surface area (TPSA) is 89.9 Å². The van der Waals surface area contributed by atoms with E-state index in [0.29, 0.717) is 31.5 Å². The molecule has 2 aliphatic rings. The number of carbonyl (C=O) groups is 1. The third-order valence-electron chi connectivity index (χ3n) is 8.15. The number of benzene rings is 3. The van der Waals surface area contributed by atoms with Crippen molar-refractivity contribution >= 4 is 15.8 Å². The molecule has 0 spiro atoms. The SMILES string of the molecule is Cc1cc(OCCCS(C)(=O)=O)cc(C)c1-c1cccc(COc2ccc3c(c2)C2CCC2C3CC(=O)O)c1. The van der Waals surface area contributed by atoms with Crippen molar-refractivity contribution in [2.45, 2.75) is 58.0 Å². The average Bonchev–Trinajstić information content (AvgIpc) is 3.03. The van der Waals surface area contributed by atoms with Crippen LogP contribution in [0.1, 0.15) is 65.3 Å². The lowest BCUT2D eigenvalue weighted by Crippen LogP contribution is -2.23. The van der Waals surface area contributed by atoms with Gasteiger partial charge in [0.05, 0.1) is 18.8 Å². The van der Waals surface area contributed by atoms with E-state index < -0.39 is 15.8 Å². The predicted molar refractivity (Wildman–Crippen MR) is 152 cm³/mol. The third kappa shape index (κ3) is 6.14. The van der Waals surface area contributed by atoms with Crippen LogP contribution in [0, 0.1) is 19.8 Å². The Morgan fingerprint density at radius 1 is 0.949 bits per heavy atom. The van der Waals surface area contributed by atoms with Crippen LogP contribution in [0.15, 0.2) is 54.6 Å². The molecule has 0 heterocycles. The summed E-state index contributed by atoms with van der Waals surface area (Å²) in [5, 5.41) is 9.36. The van der Waals surface area contributed by atoms with Gasteiger partial charge in [0.25, 0.3) is 0 Å². The zero-order valence-electron chi connectivity index (χ0n) is 22.8. The van der Waals surface area contributed by atoms with Crippen LogP contribution >= 0.6 is 0 Å². The van der Waals surface area contributed by atoms with Crippen molar-refractivity contribution in [1.82, 2.24) is 0 Å². The molecule has 3 unspecified atom stereocenters. The van der Waals surface area contributed by atoms with Crippen molar-refractivity contribution in [2.24, 2.45) is 5.92 Å². The zero-order chi connectivity index (χ0) is 27.7. The van der Waals surface area contributed by atoms with E-state index in [1.165, 1.54) is 17.4 Å². The maximum absolute atomic E-state index is 11.4. The summed E-state index contributed by atoms with van der Waals surface area (Å²) in [5.41, 5.74) is 7.97. The van der Waals surface area contributed by atoms with Gasteiger partial charge in [-0.2, -0.15) is 0 Å². The fraction of sp³-hybridized carbons (Fsp3) is 0.406. The first-order chi connectivity index (χ1) is 18.6. The molecule has 3 aromatic carbocycles. The van der Waals surface area contributed by atoms with Crippen LogP contribution in [0.3, 0.4) is 0 Å². The molecule has 3 atom stereocenters. The van der Waals surface area contributed by atoms with Gasteiger partial charge >= 0.3 is 5.97 Å².